The molecular formula is C16H13Cl3F3N5O. The van der Waals surface area contributed by atoms with Gasteiger partial charge in [0.15, 0.2) is 5.96 Å². The van der Waals surface area contributed by atoms with E-state index in [0.29, 0.717) is 11.0 Å². The Morgan fingerprint density at radius 3 is 2.43 bits per heavy atom. The highest BCUT2D eigenvalue weighted by Gasteiger charge is 2.38. The van der Waals surface area contributed by atoms with Crippen LogP contribution in [0.2, 0.25) is 5.02 Å². The molecule has 1 heterocycles. The van der Waals surface area contributed by atoms with Gasteiger partial charge in [-0.05, 0) is 24.3 Å². The van der Waals surface area contributed by atoms with E-state index in [9.17, 15) is 18.0 Å². The summed E-state index contributed by atoms with van der Waals surface area (Å²) in [5.74, 6) is -1.71. The third kappa shape index (κ3) is 4.32. The van der Waals surface area contributed by atoms with Crippen LogP contribution >= 0.6 is 36.4 Å². The lowest BCUT2D eigenvalue weighted by Gasteiger charge is -2.18. The molecule has 0 saturated carbocycles. The molecule has 0 spiro atoms. The maximum atomic E-state index is 13.7. The zero-order valence-corrected chi connectivity index (χ0v) is 16.1. The molecule has 150 valence electrons. The Hall–Kier alpha value is -2.49. The van der Waals surface area contributed by atoms with E-state index in [0.717, 1.165) is 12.1 Å². The summed E-state index contributed by atoms with van der Waals surface area (Å²) >= 11 is 5.92. The van der Waals surface area contributed by atoms with E-state index >= 15 is 0 Å². The number of rotatable bonds is 2. The van der Waals surface area contributed by atoms with Crippen LogP contribution in [0.5, 0.6) is 0 Å². The largest absolute Gasteiger partial charge is 0.419 e. The van der Waals surface area contributed by atoms with Gasteiger partial charge in [0.2, 0.25) is 0 Å². The fourth-order valence-electron chi connectivity index (χ4n) is 2.55. The van der Waals surface area contributed by atoms with Gasteiger partial charge in [0.25, 0.3) is 5.91 Å². The minimum Gasteiger partial charge on any atom is -0.370 e. The molecule has 0 aliphatic heterocycles. The maximum absolute atomic E-state index is 13.7. The zero-order chi connectivity index (χ0) is 19.1. The van der Waals surface area contributed by atoms with Crippen LogP contribution in [0, 0.1) is 5.41 Å². The van der Waals surface area contributed by atoms with Crippen molar-refractivity contribution in [3.8, 4) is 5.69 Å². The number of hydrogen-bond acceptors (Lipinski definition) is 3. The summed E-state index contributed by atoms with van der Waals surface area (Å²) in [6.45, 7) is 0. The van der Waals surface area contributed by atoms with Crippen LogP contribution in [0.25, 0.3) is 16.7 Å². The molecule has 1 amide bonds. The van der Waals surface area contributed by atoms with E-state index in [1.807, 2.05) is 5.32 Å². The Morgan fingerprint density at radius 1 is 1.18 bits per heavy atom. The highest BCUT2D eigenvalue weighted by atomic mass is 35.5. The van der Waals surface area contributed by atoms with Crippen molar-refractivity contribution in [3.63, 3.8) is 0 Å². The van der Waals surface area contributed by atoms with E-state index in [2.05, 4.69) is 4.98 Å². The van der Waals surface area contributed by atoms with Gasteiger partial charge in [-0.2, -0.15) is 13.2 Å². The summed E-state index contributed by atoms with van der Waals surface area (Å²) in [6, 6.07) is 8.93. The Kier molecular flexibility index (Phi) is 7.30. The first-order valence-electron chi connectivity index (χ1n) is 7.17. The standard InChI is InChI=1S/C16H11ClF3N5O.2ClH/c17-13-8(14(26)24-15(21)22)5-6-11(12(13)16(18,19)20)25-7-23-9-3-1-2-4-10(9)25;;/h1-7H,(H4,21,22,24,26);2*1H. The predicted molar refractivity (Wildman–Crippen MR) is 105 cm³/mol. The first-order chi connectivity index (χ1) is 12.2. The lowest BCUT2D eigenvalue weighted by molar-refractivity contribution is -0.137. The first-order valence-corrected chi connectivity index (χ1v) is 7.55. The van der Waals surface area contributed by atoms with Gasteiger partial charge < -0.3 is 5.73 Å². The highest BCUT2D eigenvalue weighted by molar-refractivity contribution is 6.35. The molecule has 0 saturated heterocycles. The number of nitrogens with one attached hydrogen (secondary N) is 2. The molecule has 12 heteroatoms. The van der Waals surface area contributed by atoms with E-state index in [-0.39, 0.29) is 30.5 Å². The van der Waals surface area contributed by atoms with Crippen LogP contribution in [0.15, 0.2) is 42.7 Å². The van der Waals surface area contributed by atoms with Crippen molar-refractivity contribution < 1.29 is 18.0 Å². The number of carbonyl (C=O) groups excluding carboxylic acids is 1. The second kappa shape index (κ2) is 8.68. The van der Waals surface area contributed by atoms with Gasteiger partial charge in [-0.3, -0.25) is 20.1 Å². The molecule has 1 aromatic heterocycles. The number of nitrogens with zero attached hydrogens (tertiary/aromatic N) is 2. The zero-order valence-electron chi connectivity index (χ0n) is 13.7. The van der Waals surface area contributed by atoms with Gasteiger partial charge >= 0.3 is 6.18 Å². The molecule has 2 aromatic carbocycles. The SMILES string of the molecule is Cl.Cl.N=C(N)NC(=O)c1ccc(-n2cnc3ccccc32)c(C(F)(F)F)c1Cl. The molecule has 0 bridgehead atoms. The van der Waals surface area contributed by atoms with Crippen molar-refractivity contribution in [2.45, 2.75) is 6.18 Å². The number of hydrogen-bond donors (Lipinski definition) is 3. The van der Waals surface area contributed by atoms with Crippen LogP contribution in [0.1, 0.15) is 15.9 Å². The van der Waals surface area contributed by atoms with Crippen LogP contribution in [-0.2, 0) is 6.18 Å². The normalized spacial score (nSPS) is 10.7. The number of aromatic nitrogens is 2. The van der Waals surface area contributed by atoms with Crippen molar-refractivity contribution in [1.29, 1.82) is 5.41 Å². The lowest BCUT2D eigenvalue weighted by Crippen LogP contribution is -2.36. The van der Waals surface area contributed by atoms with Crippen LogP contribution < -0.4 is 11.1 Å². The second-order valence-corrected chi connectivity index (χ2v) is 5.67. The number of benzene rings is 2. The van der Waals surface area contributed by atoms with E-state index < -0.39 is 34.2 Å². The smallest absolute Gasteiger partial charge is 0.370 e. The van der Waals surface area contributed by atoms with Gasteiger partial charge in [0.1, 0.15) is 6.33 Å². The summed E-state index contributed by atoms with van der Waals surface area (Å²) in [4.78, 5) is 16.0. The van der Waals surface area contributed by atoms with E-state index in [4.69, 9.17) is 22.7 Å². The minimum absolute atomic E-state index is 0. The fraction of sp³-hybridized carbons (Fsp3) is 0.0625. The molecule has 28 heavy (non-hydrogen) atoms. The summed E-state index contributed by atoms with van der Waals surface area (Å²) < 4.78 is 42.3. The number of alkyl halides is 3. The molecular weight excluding hydrogens is 442 g/mol. The molecule has 6 nitrogen and oxygen atoms in total. The van der Waals surface area contributed by atoms with Gasteiger partial charge in [-0.25, -0.2) is 4.98 Å². The van der Waals surface area contributed by atoms with Crippen LogP contribution in [0.4, 0.5) is 13.2 Å². The number of nitrogens with two attached hydrogens (primary N) is 1. The topological polar surface area (TPSA) is 96.8 Å². The van der Waals surface area contributed by atoms with Gasteiger partial charge in [0, 0.05) is 0 Å². The molecule has 0 fully saturated rings. The van der Waals surface area contributed by atoms with Crippen LogP contribution in [0.3, 0.4) is 0 Å². The van der Waals surface area contributed by atoms with E-state index in [1.54, 1.807) is 24.3 Å². The lowest BCUT2D eigenvalue weighted by atomic mass is 10.1. The van der Waals surface area contributed by atoms with E-state index in [1.165, 1.54) is 10.9 Å². The Morgan fingerprint density at radius 2 is 1.82 bits per heavy atom. The minimum atomic E-state index is -4.83. The van der Waals surface area contributed by atoms with Crippen LogP contribution in [-0.4, -0.2) is 21.4 Å². The van der Waals surface area contributed by atoms with Gasteiger partial charge in [-0.1, -0.05) is 23.7 Å². The molecule has 0 radical (unpaired) electrons. The molecule has 3 rings (SSSR count). The molecule has 0 aliphatic rings. The second-order valence-electron chi connectivity index (χ2n) is 5.29. The number of carbonyl (C=O) groups is 1. The molecule has 4 N–H and O–H groups in total. The number of amides is 1. The molecule has 0 atom stereocenters. The third-order valence-corrected chi connectivity index (χ3v) is 4.00. The Balaban J connectivity index is 0.00000196. The maximum Gasteiger partial charge on any atom is 0.419 e. The first kappa shape index (κ1) is 23.5. The number of guanidine groups is 1. The van der Waals surface area contributed by atoms with Gasteiger partial charge in [-0.15, -0.1) is 24.8 Å². The Labute approximate surface area is 174 Å². The number of para-hydroxylation sites is 2. The third-order valence-electron chi connectivity index (χ3n) is 3.61. The Bertz CT molecular complexity index is 1040. The predicted octanol–water partition coefficient (Wildman–Crippen LogP) is 4.16. The quantitative estimate of drug-likeness (QED) is 0.400. The average molecular weight is 455 g/mol. The van der Waals surface area contributed by atoms with Crippen molar-refractivity contribution >= 4 is 59.3 Å². The summed E-state index contributed by atoms with van der Waals surface area (Å²) in [7, 11) is 0. The summed E-state index contributed by atoms with van der Waals surface area (Å²) in [5, 5.41) is 8.16. The number of halogens is 6. The van der Waals surface area contributed by atoms with Crippen molar-refractivity contribution in [2.75, 3.05) is 0 Å². The molecule has 3 aromatic rings. The average Bonchev–Trinajstić information content (AvgIpc) is 2.96. The number of imidazole rings is 1. The highest BCUT2D eigenvalue weighted by Crippen LogP contribution is 2.41. The molecule has 0 unspecified atom stereocenters. The van der Waals surface area contributed by atoms with Crippen molar-refractivity contribution in [1.82, 2.24) is 14.9 Å². The fourth-order valence-corrected chi connectivity index (χ4v) is 2.91. The number of fused-ring (bicyclic) bond motifs is 1. The summed E-state index contributed by atoms with van der Waals surface area (Å²) in [5.41, 5.74) is 4.12. The van der Waals surface area contributed by atoms with Gasteiger partial charge in [0.05, 0.1) is 32.9 Å². The summed E-state index contributed by atoms with van der Waals surface area (Å²) in [6.07, 6.45) is -3.58. The molecule has 0 aliphatic carbocycles. The monoisotopic (exact) mass is 453 g/mol. The van der Waals surface area contributed by atoms with Crippen molar-refractivity contribution in [3.05, 3.63) is 58.9 Å². The van der Waals surface area contributed by atoms with Crippen molar-refractivity contribution in [2.24, 2.45) is 5.73 Å².